The minimum atomic E-state index is -1.84. The molecule has 0 aliphatic heterocycles. The molecule has 0 saturated heterocycles. The molecule has 0 aromatic heterocycles. The molecule has 30 heavy (non-hydrogen) atoms. The molecule has 0 heterocycles. The minimum Gasteiger partial charge on any atom is -0.479 e. The summed E-state index contributed by atoms with van der Waals surface area (Å²) >= 11 is 0. The summed E-state index contributed by atoms with van der Waals surface area (Å²) in [6, 6.07) is 0. The molecule has 0 aliphatic rings. The zero-order chi connectivity index (χ0) is 22.6. The maximum absolute atomic E-state index is 11.8. The summed E-state index contributed by atoms with van der Waals surface area (Å²) in [4.78, 5) is 33.9. The van der Waals surface area contributed by atoms with Crippen molar-refractivity contribution in [1.29, 1.82) is 0 Å². The molecule has 6 nitrogen and oxygen atoms in total. The van der Waals surface area contributed by atoms with E-state index in [4.69, 9.17) is 10.2 Å². The number of aliphatic carboxylic acids is 1. The molecule has 0 fully saturated rings. The quantitative estimate of drug-likeness (QED) is 0.180. The lowest BCUT2D eigenvalue weighted by Gasteiger charge is -2.10. The van der Waals surface area contributed by atoms with Crippen molar-refractivity contribution in [3.8, 4) is 0 Å². The first-order chi connectivity index (χ1) is 14.4. The zero-order valence-electron chi connectivity index (χ0n) is 18.7. The lowest BCUT2D eigenvalue weighted by molar-refractivity contribution is -0.150. The van der Waals surface area contributed by atoms with Gasteiger partial charge in [0.05, 0.1) is 0 Å². The monoisotopic (exact) mass is 426 g/mol. The number of hydrogen-bond donors (Lipinski definition) is 3. The van der Waals surface area contributed by atoms with Crippen LogP contribution >= 0.6 is 0 Å². The van der Waals surface area contributed by atoms with Gasteiger partial charge in [-0.15, -0.1) is 0 Å². The smallest absolute Gasteiger partial charge is 0.332 e. The molecule has 0 amide bonds. The van der Waals surface area contributed by atoms with Gasteiger partial charge >= 0.3 is 5.97 Å². The Morgan fingerprint density at radius 3 is 1.73 bits per heavy atom. The summed E-state index contributed by atoms with van der Waals surface area (Å²) in [5.74, 6) is -2.55. The van der Waals surface area contributed by atoms with Gasteiger partial charge in [0.1, 0.15) is 11.9 Å². The lowest BCUT2D eigenvalue weighted by atomic mass is 10.0. The molecular formula is C24H42O6. The second kappa shape index (κ2) is 19.4. The normalized spacial score (nSPS) is 13.4. The molecular weight excluding hydrogens is 384 g/mol. The van der Waals surface area contributed by atoms with E-state index in [0.29, 0.717) is 6.42 Å². The van der Waals surface area contributed by atoms with E-state index in [2.05, 4.69) is 19.1 Å². The maximum Gasteiger partial charge on any atom is 0.332 e. The molecule has 3 N–H and O–H groups in total. The van der Waals surface area contributed by atoms with Crippen molar-refractivity contribution in [2.24, 2.45) is 0 Å². The lowest BCUT2D eigenvalue weighted by Crippen LogP contribution is -2.30. The largest absolute Gasteiger partial charge is 0.479 e. The molecule has 0 aromatic rings. The van der Waals surface area contributed by atoms with Crippen LogP contribution in [-0.2, 0) is 14.4 Å². The van der Waals surface area contributed by atoms with Gasteiger partial charge in [-0.2, -0.15) is 0 Å². The number of aliphatic hydroxyl groups excluding tert-OH is 2. The highest BCUT2D eigenvalue weighted by Gasteiger charge is 2.24. The highest BCUT2D eigenvalue weighted by atomic mass is 16.4. The highest BCUT2D eigenvalue weighted by Crippen LogP contribution is 2.11. The first-order valence-corrected chi connectivity index (χ1v) is 11.7. The summed E-state index contributed by atoms with van der Waals surface area (Å²) in [5.41, 5.74) is 0. The summed E-state index contributed by atoms with van der Waals surface area (Å²) in [7, 11) is 0. The predicted octanol–water partition coefficient (Wildman–Crippen LogP) is 4.75. The predicted molar refractivity (Wildman–Crippen MR) is 118 cm³/mol. The standard InChI is InChI=1S/C24H42O6/c1-2-3-4-5-6-7-8-9-10-11-12-13-14-15-16-17-20(25)18-21(26)22(27)19-23(28)24(29)30/h9-10,21,23,26,28H,2-8,11-19H2,1H3,(H,29,30)/b10-9-. The Bertz CT molecular complexity index is 500. The molecule has 0 aromatic carbocycles. The van der Waals surface area contributed by atoms with Crippen molar-refractivity contribution in [2.45, 2.75) is 122 Å². The third-order valence-electron chi connectivity index (χ3n) is 5.19. The fourth-order valence-corrected chi connectivity index (χ4v) is 3.24. The van der Waals surface area contributed by atoms with Gasteiger partial charge in [0.15, 0.2) is 11.9 Å². The van der Waals surface area contributed by atoms with Crippen LogP contribution in [0.5, 0.6) is 0 Å². The van der Waals surface area contributed by atoms with Gasteiger partial charge < -0.3 is 15.3 Å². The zero-order valence-corrected chi connectivity index (χ0v) is 18.7. The summed E-state index contributed by atoms with van der Waals surface area (Å²) in [6.45, 7) is 2.24. The number of unbranched alkanes of at least 4 members (excludes halogenated alkanes) is 11. The fraction of sp³-hybridized carbons (Fsp3) is 0.792. The highest BCUT2D eigenvalue weighted by molar-refractivity contribution is 5.91. The molecule has 0 aliphatic carbocycles. The molecule has 0 saturated carbocycles. The third-order valence-corrected chi connectivity index (χ3v) is 5.19. The van der Waals surface area contributed by atoms with Crippen molar-refractivity contribution in [3.63, 3.8) is 0 Å². The van der Waals surface area contributed by atoms with Crippen LogP contribution < -0.4 is 0 Å². The number of allylic oxidation sites excluding steroid dienone is 2. The van der Waals surface area contributed by atoms with Gasteiger partial charge in [-0.3, -0.25) is 9.59 Å². The number of carbonyl (C=O) groups is 3. The Labute approximate surface area is 181 Å². The Morgan fingerprint density at radius 2 is 1.20 bits per heavy atom. The summed E-state index contributed by atoms with van der Waals surface area (Å²) in [6.07, 6.45) is 15.8. The van der Waals surface area contributed by atoms with Crippen LogP contribution in [0.2, 0.25) is 0 Å². The van der Waals surface area contributed by atoms with Crippen molar-refractivity contribution < 1.29 is 29.7 Å². The molecule has 0 bridgehead atoms. The maximum atomic E-state index is 11.8. The van der Waals surface area contributed by atoms with Crippen LogP contribution in [0.4, 0.5) is 0 Å². The van der Waals surface area contributed by atoms with E-state index in [0.717, 1.165) is 38.5 Å². The van der Waals surface area contributed by atoms with Crippen molar-refractivity contribution >= 4 is 17.5 Å². The molecule has 2 atom stereocenters. The van der Waals surface area contributed by atoms with Crippen LogP contribution in [0.25, 0.3) is 0 Å². The summed E-state index contributed by atoms with van der Waals surface area (Å²) in [5, 5.41) is 27.3. The molecule has 174 valence electrons. The van der Waals surface area contributed by atoms with Crippen molar-refractivity contribution in [3.05, 3.63) is 12.2 Å². The summed E-state index contributed by atoms with van der Waals surface area (Å²) < 4.78 is 0. The van der Waals surface area contributed by atoms with E-state index in [1.807, 2.05) is 0 Å². The van der Waals surface area contributed by atoms with Gasteiger partial charge in [-0.05, 0) is 32.1 Å². The topological polar surface area (TPSA) is 112 Å². The second-order valence-electron chi connectivity index (χ2n) is 8.12. The van der Waals surface area contributed by atoms with Crippen LogP contribution in [0.1, 0.15) is 110 Å². The van der Waals surface area contributed by atoms with Crippen LogP contribution in [0, 0.1) is 0 Å². The average molecular weight is 427 g/mol. The Balaban J connectivity index is 3.55. The number of hydrogen-bond acceptors (Lipinski definition) is 5. The van der Waals surface area contributed by atoms with E-state index in [1.54, 1.807) is 0 Å². The van der Waals surface area contributed by atoms with E-state index in [1.165, 1.54) is 44.9 Å². The molecule has 0 radical (unpaired) electrons. The number of carboxylic acid groups (broad SMARTS) is 1. The van der Waals surface area contributed by atoms with Gasteiger partial charge in [0.25, 0.3) is 0 Å². The number of aliphatic hydroxyl groups is 2. The van der Waals surface area contributed by atoms with Crippen LogP contribution in [0.3, 0.4) is 0 Å². The number of rotatable bonds is 21. The third kappa shape index (κ3) is 17.3. The number of Topliss-reactive ketones (excluding diaryl/α,β-unsaturated/α-hetero) is 2. The second-order valence-corrected chi connectivity index (χ2v) is 8.12. The van der Waals surface area contributed by atoms with Crippen molar-refractivity contribution in [1.82, 2.24) is 0 Å². The average Bonchev–Trinajstić information content (AvgIpc) is 2.70. The molecule has 6 heteroatoms. The Morgan fingerprint density at radius 1 is 0.700 bits per heavy atom. The number of carbonyl (C=O) groups excluding carboxylic acids is 2. The first-order valence-electron chi connectivity index (χ1n) is 11.7. The van der Waals surface area contributed by atoms with Gasteiger partial charge in [0.2, 0.25) is 0 Å². The molecule has 0 spiro atoms. The van der Waals surface area contributed by atoms with E-state index in [-0.39, 0.29) is 12.2 Å². The van der Waals surface area contributed by atoms with Crippen LogP contribution in [0.15, 0.2) is 12.2 Å². The van der Waals surface area contributed by atoms with Gasteiger partial charge in [0, 0.05) is 19.3 Å². The molecule has 0 rings (SSSR count). The van der Waals surface area contributed by atoms with Gasteiger partial charge in [-0.25, -0.2) is 4.79 Å². The molecule has 2 unspecified atom stereocenters. The van der Waals surface area contributed by atoms with Crippen LogP contribution in [-0.4, -0.2) is 45.1 Å². The number of ketones is 2. The first kappa shape index (κ1) is 28.5. The number of carboxylic acids is 1. The van der Waals surface area contributed by atoms with E-state index >= 15 is 0 Å². The minimum absolute atomic E-state index is 0.210. The van der Waals surface area contributed by atoms with E-state index < -0.39 is 30.4 Å². The van der Waals surface area contributed by atoms with E-state index in [9.17, 15) is 19.5 Å². The Kier molecular flexibility index (Phi) is 18.4. The fourth-order valence-electron chi connectivity index (χ4n) is 3.24. The van der Waals surface area contributed by atoms with Gasteiger partial charge in [-0.1, -0.05) is 70.4 Å². The Hall–Kier alpha value is -1.53. The SMILES string of the molecule is CCCCCCCC/C=C\CCCCCCCC(=O)CC(O)C(=O)CC(O)C(=O)O. The van der Waals surface area contributed by atoms with Crippen molar-refractivity contribution in [2.75, 3.05) is 0 Å².